The number of pyridine rings is 1. The molecule has 86 valence electrons. The third-order valence-electron chi connectivity index (χ3n) is 2.66. The lowest BCUT2D eigenvalue weighted by molar-refractivity contribution is -0.122. The third-order valence-corrected chi connectivity index (χ3v) is 3.49. The Hall–Kier alpha value is -1.10. The number of nitrogens with one attached hydrogen (secondary N) is 2. The van der Waals surface area contributed by atoms with Gasteiger partial charge in [0.05, 0.1) is 0 Å². The summed E-state index contributed by atoms with van der Waals surface area (Å²) in [5.41, 5.74) is 1.15. The minimum Gasteiger partial charge on any atom is -0.366 e. The quantitative estimate of drug-likeness (QED) is 0.871. The number of rotatable bonds is 2. The highest BCUT2D eigenvalue weighted by atomic mass is 79.9. The van der Waals surface area contributed by atoms with Crippen LogP contribution >= 0.6 is 15.9 Å². The zero-order chi connectivity index (χ0) is 11.5. The van der Waals surface area contributed by atoms with Gasteiger partial charge in [0.2, 0.25) is 5.91 Å². The highest BCUT2D eigenvalue weighted by Crippen LogP contribution is 2.18. The first-order chi connectivity index (χ1) is 7.65. The summed E-state index contributed by atoms with van der Waals surface area (Å²) >= 11 is 3.42. The van der Waals surface area contributed by atoms with Gasteiger partial charge >= 0.3 is 0 Å². The van der Waals surface area contributed by atoms with Crippen molar-refractivity contribution >= 4 is 27.7 Å². The number of piperidine rings is 1. The fourth-order valence-electron chi connectivity index (χ4n) is 1.68. The number of carbonyl (C=O) groups is 1. The summed E-state index contributed by atoms with van der Waals surface area (Å²) in [5, 5.41) is 6.16. The molecule has 1 fully saturated rings. The van der Waals surface area contributed by atoms with Crippen LogP contribution in [-0.4, -0.2) is 23.5 Å². The molecule has 2 N–H and O–H groups in total. The maximum atomic E-state index is 11.0. The normalized spacial score (nSPS) is 20.4. The molecule has 0 bridgehead atoms. The van der Waals surface area contributed by atoms with E-state index in [-0.39, 0.29) is 11.9 Å². The molecule has 1 atom stereocenters. The first-order valence-corrected chi connectivity index (χ1v) is 6.10. The van der Waals surface area contributed by atoms with Crippen LogP contribution < -0.4 is 10.6 Å². The number of hydrogen-bond donors (Lipinski definition) is 2. The summed E-state index contributed by atoms with van der Waals surface area (Å²) in [6.45, 7) is 2.70. The topological polar surface area (TPSA) is 54.0 Å². The lowest BCUT2D eigenvalue weighted by Gasteiger charge is -2.24. The summed E-state index contributed by atoms with van der Waals surface area (Å²) in [5.74, 6) is 1.000. The Kier molecular flexibility index (Phi) is 3.43. The molecule has 5 heteroatoms. The molecule has 1 unspecified atom stereocenters. The Bertz CT molecular complexity index is 398. The Morgan fingerprint density at radius 3 is 3.06 bits per heavy atom. The predicted molar refractivity (Wildman–Crippen MR) is 66.3 cm³/mol. The molecule has 1 aliphatic heterocycles. The SMILES string of the molecule is Cc1cc(NC2CCC(=O)NC2)ncc1Br. The molecule has 2 heterocycles. The fraction of sp³-hybridized carbons (Fsp3) is 0.455. The number of aryl methyl sites for hydroxylation is 1. The molecule has 16 heavy (non-hydrogen) atoms. The standard InChI is InChI=1S/C11H14BrN3O/c1-7-4-10(13-6-9(7)12)15-8-2-3-11(16)14-5-8/h4,6,8H,2-3,5H2,1H3,(H,13,15)(H,14,16). The van der Waals surface area contributed by atoms with Crippen molar-refractivity contribution in [3.8, 4) is 0 Å². The van der Waals surface area contributed by atoms with Gasteiger partial charge in [0.1, 0.15) is 5.82 Å². The lowest BCUT2D eigenvalue weighted by atomic mass is 10.1. The van der Waals surface area contributed by atoms with E-state index < -0.39 is 0 Å². The summed E-state index contributed by atoms with van der Waals surface area (Å²) in [7, 11) is 0. The van der Waals surface area contributed by atoms with Crippen LogP contribution in [0.2, 0.25) is 0 Å². The Morgan fingerprint density at radius 1 is 1.62 bits per heavy atom. The second-order valence-electron chi connectivity index (χ2n) is 4.00. The lowest BCUT2D eigenvalue weighted by Crippen LogP contribution is -2.42. The van der Waals surface area contributed by atoms with Gasteiger partial charge in [0, 0.05) is 29.7 Å². The molecule has 1 saturated heterocycles. The first-order valence-electron chi connectivity index (χ1n) is 5.30. The molecule has 0 spiro atoms. The molecule has 0 radical (unpaired) electrons. The van der Waals surface area contributed by atoms with Crippen molar-refractivity contribution in [2.24, 2.45) is 0 Å². The molecule has 1 amide bonds. The number of carbonyl (C=O) groups excluding carboxylic acids is 1. The maximum Gasteiger partial charge on any atom is 0.220 e. The molecular formula is C11H14BrN3O. The van der Waals surface area contributed by atoms with E-state index in [4.69, 9.17) is 0 Å². The van der Waals surface area contributed by atoms with E-state index in [2.05, 4.69) is 31.5 Å². The van der Waals surface area contributed by atoms with Crippen LogP contribution in [0.1, 0.15) is 18.4 Å². The number of hydrogen-bond acceptors (Lipinski definition) is 3. The van der Waals surface area contributed by atoms with Crippen LogP contribution in [0, 0.1) is 6.92 Å². The number of halogens is 1. The van der Waals surface area contributed by atoms with E-state index in [1.54, 1.807) is 6.20 Å². The number of anilines is 1. The van der Waals surface area contributed by atoms with E-state index >= 15 is 0 Å². The molecule has 2 rings (SSSR count). The van der Waals surface area contributed by atoms with Gasteiger partial charge in [-0.15, -0.1) is 0 Å². The van der Waals surface area contributed by atoms with Crippen LogP contribution in [0.4, 0.5) is 5.82 Å². The first kappa shape index (κ1) is 11.4. The van der Waals surface area contributed by atoms with Crippen molar-refractivity contribution in [1.82, 2.24) is 10.3 Å². The molecular weight excluding hydrogens is 270 g/mol. The van der Waals surface area contributed by atoms with Gasteiger partial charge in [-0.05, 0) is 40.9 Å². The van der Waals surface area contributed by atoms with Crippen LogP contribution in [0.5, 0.6) is 0 Å². The third kappa shape index (κ3) is 2.72. The van der Waals surface area contributed by atoms with Gasteiger partial charge in [0.15, 0.2) is 0 Å². The van der Waals surface area contributed by atoms with Gasteiger partial charge in [-0.3, -0.25) is 4.79 Å². The average molecular weight is 284 g/mol. The Balaban J connectivity index is 1.98. The Morgan fingerprint density at radius 2 is 2.44 bits per heavy atom. The van der Waals surface area contributed by atoms with Crippen molar-refractivity contribution in [3.05, 3.63) is 22.3 Å². The van der Waals surface area contributed by atoms with Gasteiger partial charge in [-0.1, -0.05) is 0 Å². The number of amides is 1. The summed E-state index contributed by atoms with van der Waals surface area (Å²) in [4.78, 5) is 15.3. The van der Waals surface area contributed by atoms with Crippen molar-refractivity contribution in [2.45, 2.75) is 25.8 Å². The van der Waals surface area contributed by atoms with Gasteiger partial charge in [-0.2, -0.15) is 0 Å². The van der Waals surface area contributed by atoms with Crippen molar-refractivity contribution < 1.29 is 4.79 Å². The van der Waals surface area contributed by atoms with E-state index in [1.807, 2.05) is 13.0 Å². The minimum absolute atomic E-state index is 0.137. The molecule has 0 aliphatic carbocycles. The van der Waals surface area contributed by atoms with E-state index in [9.17, 15) is 4.79 Å². The molecule has 0 saturated carbocycles. The van der Waals surface area contributed by atoms with Gasteiger partial charge in [0.25, 0.3) is 0 Å². The van der Waals surface area contributed by atoms with Crippen molar-refractivity contribution in [3.63, 3.8) is 0 Å². The van der Waals surface area contributed by atoms with E-state index in [1.165, 1.54) is 0 Å². The van der Waals surface area contributed by atoms with E-state index in [0.29, 0.717) is 13.0 Å². The maximum absolute atomic E-state index is 11.0. The summed E-state index contributed by atoms with van der Waals surface area (Å²) in [6.07, 6.45) is 3.24. The van der Waals surface area contributed by atoms with Crippen molar-refractivity contribution in [1.29, 1.82) is 0 Å². The molecule has 1 aromatic rings. The smallest absolute Gasteiger partial charge is 0.220 e. The van der Waals surface area contributed by atoms with Crippen LogP contribution in [0.3, 0.4) is 0 Å². The Labute approximate surface area is 103 Å². The van der Waals surface area contributed by atoms with Crippen LogP contribution in [0.15, 0.2) is 16.7 Å². The largest absolute Gasteiger partial charge is 0.366 e. The summed E-state index contributed by atoms with van der Waals surface area (Å²) < 4.78 is 1.01. The highest BCUT2D eigenvalue weighted by Gasteiger charge is 2.17. The molecule has 0 aromatic carbocycles. The second-order valence-corrected chi connectivity index (χ2v) is 4.86. The molecule has 4 nitrogen and oxygen atoms in total. The summed E-state index contributed by atoms with van der Waals surface area (Å²) in [6, 6.07) is 2.28. The average Bonchev–Trinajstić information content (AvgIpc) is 2.27. The highest BCUT2D eigenvalue weighted by molar-refractivity contribution is 9.10. The zero-order valence-corrected chi connectivity index (χ0v) is 10.7. The molecule has 1 aliphatic rings. The second kappa shape index (κ2) is 4.82. The minimum atomic E-state index is 0.137. The zero-order valence-electron chi connectivity index (χ0n) is 9.09. The van der Waals surface area contributed by atoms with Crippen LogP contribution in [0.25, 0.3) is 0 Å². The van der Waals surface area contributed by atoms with Crippen molar-refractivity contribution in [2.75, 3.05) is 11.9 Å². The van der Waals surface area contributed by atoms with Gasteiger partial charge < -0.3 is 10.6 Å². The van der Waals surface area contributed by atoms with Gasteiger partial charge in [-0.25, -0.2) is 4.98 Å². The monoisotopic (exact) mass is 283 g/mol. The number of aromatic nitrogens is 1. The van der Waals surface area contributed by atoms with E-state index in [0.717, 1.165) is 22.3 Å². The van der Waals surface area contributed by atoms with Crippen LogP contribution in [-0.2, 0) is 4.79 Å². The number of nitrogens with zero attached hydrogens (tertiary/aromatic N) is 1. The fourth-order valence-corrected chi connectivity index (χ4v) is 1.90. The molecule has 1 aromatic heterocycles. The predicted octanol–water partition coefficient (Wildman–Crippen LogP) is 1.84.